The molecule has 0 aliphatic heterocycles. The van der Waals surface area contributed by atoms with Gasteiger partial charge in [-0.2, -0.15) is 0 Å². The zero-order valence-electron chi connectivity index (χ0n) is 15.7. The van der Waals surface area contributed by atoms with Gasteiger partial charge in [-0.15, -0.1) is 0 Å². The molecule has 0 bridgehead atoms. The minimum absolute atomic E-state index is 0.0188. The molecule has 5 heteroatoms. The topological polar surface area (TPSA) is 59.2 Å². The lowest BCUT2D eigenvalue weighted by Gasteiger charge is -2.22. The summed E-state index contributed by atoms with van der Waals surface area (Å²) >= 11 is 5.97. The minimum atomic E-state index is -0.337. The van der Waals surface area contributed by atoms with Crippen molar-refractivity contribution in [2.24, 2.45) is 5.92 Å². The number of ether oxygens (including phenoxy) is 1. The summed E-state index contributed by atoms with van der Waals surface area (Å²) in [4.78, 5) is 28.7. The summed E-state index contributed by atoms with van der Waals surface area (Å²) in [6.07, 6.45) is 4.25. The van der Waals surface area contributed by atoms with Gasteiger partial charge >= 0.3 is 5.97 Å². The van der Waals surface area contributed by atoms with Crippen molar-refractivity contribution < 1.29 is 14.3 Å². The van der Waals surface area contributed by atoms with Gasteiger partial charge in [0, 0.05) is 22.7 Å². The van der Waals surface area contributed by atoms with E-state index in [1.54, 1.807) is 0 Å². The number of Topliss-reactive ketones (excluding diaryl/α,β-unsaturated/α-hetero) is 1. The second-order valence-corrected chi connectivity index (χ2v) is 8.35. The molecule has 0 saturated heterocycles. The number of carbonyl (C=O) groups is 2. The number of esters is 1. The van der Waals surface area contributed by atoms with E-state index in [0.29, 0.717) is 35.0 Å². The van der Waals surface area contributed by atoms with Crippen molar-refractivity contribution in [1.29, 1.82) is 0 Å². The maximum atomic E-state index is 12.8. The fourth-order valence-corrected chi connectivity index (χ4v) is 4.62. The standard InChI is InChI=1S/C22H24ClNO3/c1-12-4-3-5-19(12)27-22(26)21-13(2)20-17(24-21)10-15(11-18(20)25)14-6-8-16(23)9-7-14/h6-9,12,15,19,24H,3-5,10-11H2,1-2H3/t12-,15+,19-/m1/s1. The summed E-state index contributed by atoms with van der Waals surface area (Å²) in [6, 6.07) is 7.64. The van der Waals surface area contributed by atoms with Crippen molar-refractivity contribution in [3.8, 4) is 0 Å². The van der Waals surface area contributed by atoms with Crippen LogP contribution in [0.5, 0.6) is 0 Å². The third kappa shape index (κ3) is 3.43. The third-order valence-corrected chi connectivity index (χ3v) is 6.33. The zero-order valence-corrected chi connectivity index (χ0v) is 16.4. The van der Waals surface area contributed by atoms with Crippen molar-refractivity contribution in [3.05, 3.63) is 57.4 Å². The molecule has 0 unspecified atom stereocenters. The van der Waals surface area contributed by atoms with Crippen molar-refractivity contribution >= 4 is 23.4 Å². The zero-order chi connectivity index (χ0) is 19.1. The molecule has 2 aliphatic rings. The van der Waals surface area contributed by atoms with Crippen LogP contribution >= 0.6 is 11.6 Å². The maximum Gasteiger partial charge on any atom is 0.355 e. The van der Waals surface area contributed by atoms with Crippen molar-refractivity contribution in [3.63, 3.8) is 0 Å². The van der Waals surface area contributed by atoms with Crippen LogP contribution in [0.3, 0.4) is 0 Å². The van der Waals surface area contributed by atoms with Crippen LogP contribution < -0.4 is 0 Å². The average molecular weight is 386 g/mol. The second-order valence-electron chi connectivity index (χ2n) is 7.91. The maximum absolute atomic E-state index is 12.8. The van der Waals surface area contributed by atoms with Gasteiger partial charge in [0.1, 0.15) is 11.8 Å². The molecule has 0 spiro atoms. The fourth-order valence-electron chi connectivity index (χ4n) is 4.49. The molecular weight excluding hydrogens is 362 g/mol. The monoisotopic (exact) mass is 385 g/mol. The first-order valence-corrected chi connectivity index (χ1v) is 10.0. The molecule has 27 heavy (non-hydrogen) atoms. The number of carbonyl (C=O) groups excluding carboxylic acids is 2. The number of H-pyrrole nitrogens is 1. The van der Waals surface area contributed by atoms with E-state index in [-0.39, 0.29) is 23.8 Å². The van der Waals surface area contributed by atoms with E-state index in [0.717, 1.165) is 36.1 Å². The van der Waals surface area contributed by atoms with Crippen molar-refractivity contribution in [1.82, 2.24) is 4.98 Å². The number of benzene rings is 1. The number of aromatic nitrogens is 1. The van der Waals surface area contributed by atoms with E-state index in [9.17, 15) is 9.59 Å². The van der Waals surface area contributed by atoms with Gasteiger partial charge in [0.25, 0.3) is 0 Å². The Kier molecular flexibility index (Phi) is 4.85. The average Bonchev–Trinajstić information content (AvgIpc) is 3.19. The normalized spacial score (nSPS) is 24.7. The summed E-state index contributed by atoms with van der Waals surface area (Å²) < 4.78 is 5.73. The molecule has 2 aliphatic carbocycles. The Bertz CT molecular complexity index is 884. The van der Waals surface area contributed by atoms with Gasteiger partial charge in [-0.05, 0) is 67.7 Å². The van der Waals surface area contributed by atoms with Crippen LogP contribution in [0.1, 0.15) is 76.2 Å². The van der Waals surface area contributed by atoms with Gasteiger partial charge in [0.15, 0.2) is 5.78 Å². The number of hydrogen-bond acceptors (Lipinski definition) is 3. The number of rotatable bonds is 3. The lowest BCUT2D eigenvalue weighted by molar-refractivity contribution is 0.0219. The highest BCUT2D eigenvalue weighted by Crippen LogP contribution is 2.36. The van der Waals surface area contributed by atoms with Crippen LogP contribution in [0.4, 0.5) is 0 Å². The van der Waals surface area contributed by atoms with Crippen LogP contribution in [0.15, 0.2) is 24.3 Å². The van der Waals surface area contributed by atoms with Gasteiger partial charge in [-0.1, -0.05) is 30.7 Å². The molecular formula is C22H24ClNO3. The summed E-state index contributed by atoms with van der Waals surface area (Å²) in [6.45, 7) is 3.96. The number of aromatic amines is 1. The predicted octanol–water partition coefficient (Wildman–Crippen LogP) is 5.23. The highest BCUT2D eigenvalue weighted by molar-refractivity contribution is 6.30. The van der Waals surface area contributed by atoms with E-state index in [4.69, 9.17) is 16.3 Å². The number of nitrogens with one attached hydrogen (secondary N) is 1. The lowest BCUT2D eigenvalue weighted by Crippen LogP contribution is -2.21. The largest absolute Gasteiger partial charge is 0.457 e. The van der Waals surface area contributed by atoms with E-state index in [2.05, 4.69) is 11.9 Å². The Hall–Kier alpha value is -2.07. The molecule has 1 aromatic heterocycles. The van der Waals surface area contributed by atoms with Crippen LogP contribution in [0.2, 0.25) is 5.02 Å². The first-order chi connectivity index (χ1) is 12.9. The molecule has 1 fully saturated rings. The summed E-state index contributed by atoms with van der Waals surface area (Å²) in [5.41, 5.74) is 3.76. The summed E-state index contributed by atoms with van der Waals surface area (Å²) in [5.74, 6) is 0.239. The smallest absolute Gasteiger partial charge is 0.355 e. The highest BCUT2D eigenvalue weighted by Gasteiger charge is 2.34. The van der Waals surface area contributed by atoms with E-state index in [1.165, 1.54) is 0 Å². The molecule has 4 nitrogen and oxygen atoms in total. The first-order valence-electron chi connectivity index (χ1n) is 9.65. The van der Waals surface area contributed by atoms with E-state index in [1.807, 2.05) is 31.2 Å². The number of hydrogen-bond donors (Lipinski definition) is 1. The SMILES string of the molecule is Cc1c(C(=O)O[C@@H]2CCC[C@H]2C)[nH]c2c1C(=O)C[C@@H](c1ccc(Cl)cc1)C2. The summed E-state index contributed by atoms with van der Waals surface area (Å²) in [5, 5.41) is 0.684. The predicted molar refractivity (Wildman–Crippen MR) is 105 cm³/mol. The minimum Gasteiger partial charge on any atom is -0.457 e. The van der Waals surface area contributed by atoms with Gasteiger partial charge in [-0.3, -0.25) is 4.79 Å². The van der Waals surface area contributed by atoms with Gasteiger partial charge < -0.3 is 9.72 Å². The molecule has 4 rings (SSSR count). The Morgan fingerprint density at radius 1 is 1.19 bits per heavy atom. The van der Waals surface area contributed by atoms with E-state index >= 15 is 0 Å². The fraction of sp³-hybridized carbons (Fsp3) is 0.455. The van der Waals surface area contributed by atoms with Crippen LogP contribution in [-0.2, 0) is 11.2 Å². The number of fused-ring (bicyclic) bond motifs is 1. The molecule has 0 amide bonds. The van der Waals surface area contributed by atoms with Crippen LogP contribution in [-0.4, -0.2) is 22.8 Å². The quantitative estimate of drug-likeness (QED) is 0.735. The lowest BCUT2D eigenvalue weighted by atomic mass is 9.81. The highest BCUT2D eigenvalue weighted by atomic mass is 35.5. The van der Waals surface area contributed by atoms with Gasteiger partial charge in [0.2, 0.25) is 0 Å². The third-order valence-electron chi connectivity index (χ3n) is 6.08. The molecule has 142 valence electrons. The van der Waals surface area contributed by atoms with Crippen molar-refractivity contribution in [2.75, 3.05) is 0 Å². The van der Waals surface area contributed by atoms with Crippen molar-refractivity contribution in [2.45, 2.75) is 58.0 Å². The Balaban J connectivity index is 1.58. The number of ketones is 1. The molecule has 2 aromatic rings. The van der Waals surface area contributed by atoms with Gasteiger partial charge in [0.05, 0.1) is 0 Å². The Morgan fingerprint density at radius 3 is 2.59 bits per heavy atom. The first kappa shape index (κ1) is 18.3. The molecule has 1 saturated carbocycles. The molecule has 1 N–H and O–H groups in total. The molecule has 1 aromatic carbocycles. The van der Waals surface area contributed by atoms with Gasteiger partial charge in [-0.25, -0.2) is 4.79 Å². The molecule has 0 radical (unpaired) electrons. The van der Waals surface area contributed by atoms with Crippen LogP contribution in [0, 0.1) is 12.8 Å². The summed E-state index contributed by atoms with van der Waals surface area (Å²) in [7, 11) is 0. The second kappa shape index (κ2) is 7.16. The molecule has 1 heterocycles. The molecule has 3 atom stereocenters. The van der Waals surface area contributed by atoms with Crippen LogP contribution in [0.25, 0.3) is 0 Å². The Labute approximate surface area is 164 Å². The van der Waals surface area contributed by atoms with E-state index < -0.39 is 0 Å². The Morgan fingerprint density at radius 2 is 1.93 bits per heavy atom. The number of halogens is 1.